The summed E-state index contributed by atoms with van der Waals surface area (Å²) in [5, 5.41) is 0. The lowest BCUT2D eigenvalue weighted by molar-refractivity contribution is -0.170. The van der Waals surface area contributed by atoms with Gasteiger partial charge in [-0.1, -0.05) is 30.3 Å². The highest BCUT2D eigenvalue weighted by molar-refractivity contribution is 5.99. The fraction of sp³-hybridized carbons (Fsp3) is 0.500. The molecule has 0 aromatic heterocycles. The van der Waals surface area contributed by atoms with Crippen molar-refractivity contribution in [1.29, 1.82) is 0 Å². The summed E-state index contributed by atoms with van der Waals surface area (Å²) in [6.45, 7) is 9.66. The molecule has 0 fully saturated rings. The summed E-state index contributed by atoms with van der Waals surface area (Å²) < 4.78 is 16.0. The molecule has 27 heavy (non-hydrogen) atoms. The van der Waals surface area contributed by atoms with Crippen molar-refractivity contribution in [1.82, 2.24) is 0 Å². The van der Waals surface area contributed by atoms with Crippen LogP contribution in [0.4, 0.5) is 0 Å². The Kier molecular flexibility index (Phi) is 8.99. The summed E-state index contributed by atoms with van der Waals surface area (Å²) in [4.78, 5) is 24.5. The van der Waals surface area contributed by atoms with Gasteiger partial charge in [-0.25, -0.2) is 0 Å². The molecule has 5 heteroatoms. The van der Waals surface area contributed by atoms with E-state index in [4.69, 9.17) is 14.2 Å². The second-order valence-corrected chi connectivity index (χ2v) is 6.87. The Morgan fingerprint density at radius 2 is 1.56 bits per heavy atom. The van der Waals surface area contributed by atoms with Gasteiger partial charge in [-0.15, -0.1) is 5.73 Å². The maximum absolute atomic E-state index is 12.2. The summed E-state index contributed by atoms with van der Waals surface area (Å²) in [7, 11) is 0. The molecule has 0 spiro atoms. The van der Waals surface area contributed by atoms with Crippen molar-refractivity contribution < 1.29 is 23.8 Å². The van der Waals surface area contributed by atoms with Gasteiger partial charge in [0.2, 0.25) is 0 Å². The second-order valence-electron chi connectivity index (χ2n) is 6.87. The van der Waals surface area contributed by atoms with Crippen LogP contribution in [0.3, 0.4) is 0 Å². The first-order valence-corrected chi connectivity index (χ1v) is 9.19. The van der Waals surface area contributed by atoms with Crippen LogP contribution in [-0.2, 0) is 30.4 Å². The fourth-order valence-electron chi connectivity index (χ4n) is 2.24. The molecule has 1 aromatic rings. The summed E-state index contributed by atoms with van der Waals surface area (Å²) in [6.07, 6.45) is 3.55. The number of hydrogen-bond acceptors (Lipinski definition) is 5. The molecule has 0 aliphatic carbocycles. The molecule has 148 valence electrons. The average Bonchev–Trinajstić information content (AvgIpc) is 2.64. The van der Waals surface area contributed by atoms with E-state index in [1.54, 1.807) is 26.0 Å². The first kappa shape index (κ1) is 22.7. The van der Waals surface area contributed by atoms with Gasteiger partial charge in [-0.05, 0) is 58.8 Å². The molecule has 0 N–H and O–H groups in total. The summed E-state index contributed by atoms with van der Waals surface area (Å²) in [6, 6.07) is 9.89. The van der Waals surface area contributed by atoms with E-state index in [-0.39, 0.29) is 19.6 Å². The first-order chi connectivity index (χ1) is 12.7. The smallest absolute Gasteiger partial charge is 0.323 e. The zero-order valence-electron chi connectivity index (χ0n) is 16.9. The number of esters is 2. The molecular formula is C22H30O5. The fourth-order valence-corrected chi connectivity index (χ4v) is 2.24. The third kappa shape index (κ3) is 7.41. The van der Waals surface area contributed by atoms with E-state index >= 15 is 0 Å². The van der Waals surface area contributed by atoms with Crippen molar-refractivity contribution in [3.05, 3.63) is 53.8 Å². The van der Waals surface area contributed by atoms with Gasteiger partial charge in [0, 0.05) is 0 Å². The standard InChI is InChI=1S/C22H30O5/c1-6-25-19(23)22(5,20(24)26-7-2)16-12-11-15-21(3,4)27-17-18-13-9-8-10-14-18/h8-10,12-15H,6-7,16-17H2,1-5H3. The highest BCUT2D eigenvalue weighted by Crippen LogP contribution is 2.26. The van der Waals surface area contributed by atoms with Gasteiger partial charge in [0.25, 0.3) is 0 Å². The van der Waals surface area contributed by atoms with Crippen LogP contribution in [0.1, 0.15) is 46.6 Å². The molecule has 1 rings (SSSR count). The summed E-state index contributed by atoms with van der Waals surface area (Å²) in [5.41, 5.74) is 2.17. The highest BCUT2D eigenvalue weighted by atomic mass is 16.6. The van der Waals surface area contributed by atoms with Crippen molar-refractivity contribution in [2.45, 2.75) is 53.2 Å². The Morgan fingerprint density at radius 1 is 1.00 bits per heavy atom. The predicted octanol–water partition coefficient (Wildman–Crippen LogP) is 4.22. The van der Waals surface area contributed by atoms with E-state index in [9.17, 15) is 9.59 Å². The van der Waals surface area contributed by atoms with E-state index in [2.05, 4.69) is 5.73 Å². The minimum atomic E-state index is -1.39. The molecule has 0 atom stereocenters. The number of hydrogen-bond donors (Lipinski definition) is 0. The van der Waals surface area contributed by atoms with Crippen LogP contribution >= 0.6 is 0 Å². The van der Waals surface area contributed by atoms with E-state index in [1.165, 1.54) is 6.92 Å². The molecule has 0 saturated carbocycles. The van der Waals surface area contributed by atoms with Gasteiger partial charge >= 0.3 is 11.9 Å². The average molecular weight is 374 g/mol. The van der Waals surface area contributed by atoms with E-state index < -0.39 is 23.0 Å². The van der Waals surface area contributed by atoms with Gasteiger partial charge in [0.15, 0.2) is 5.41 Å². The van der Waals surface area contributed by atoms with Crippen molar-refractivity contribution >= 4 is 11.9 Å². The second kappa shape index (κ2) is 10.7. The normalized spacial score (nSPS) is 11.3. The SMILES string of the molecule is CCOC(=O)C(C)(CC=C=CC(C)(C)OCc1ccccc1)C(=O)OCC. The number of ether oxygens (including phenoxy) is 3. The van der Waals surface area contributed by atoms with Gasteiger partial charge < -0.3 is 14.2 Å². The predicted molar refractivity (Wildman–Crippen MR) is 104 cm³/mol. The Balaban J connectivity index is 2.78. The minimum absolute atomic E-state index is 0.135. The molecule has 0 unspecified atom stereocenters. The number of benzene rings is 1. The number of carbonyl (C=O) groups excluding carboxylic acids is 2. The maximum atomic E-state index is 12.2. The molecule has 1 aromatic carbocycles. The van der Waals surface area contributed by atoms with Crippen LogP contribution in [-0.4, -0.2) is 30.8 Å². The Hall–Kier alpha value is -2.36. The molecule has 0 bridgehead atoms. The summed E-state index contributed by atoms with van der Waals surface area (Å²) >= 11 is 0. The monoisotopic (exact) mass is 374 g/mol. The molecule has 0 aliphatic heterocycles. The third-order valence-corrected chi connectivity index (χ3v) is 3.96. The lowest BCUT2D eigenvalue weighted by atomic mass is 9.86. The van der Waals surface area contributed by atoms with E-state index in [0.29, 0.717) is 6.61 Å². The van der Waals surface area contributed by atoms with Crippen LogP contribution in [0.15, 0.2) is 48.2 Å². The van der Waals surface area contributed by atoms with Crippen LogP contribution in [0.2, 0.25) is 0 Å². The largest absolute Gasteiger partial charge is 0.465 e. The topological polar surface area (TPSA) is 61.8 Å². The van der Waals surface area contributed by atoms with Gasteiger partial charge in [0.1, 0.15) is 0 Å². The molecular weight excluding hydrogens is 344 g/mol. The Morgan fingerprint density at radius 3 is 2.07 bits per heavy atom. The highest BCUT2D eigenvalue weighted by Gasteiger charge is 2.43. The van der Waals surface area contributed by atoms with Crippen molar-refractivity contribution in [2.75, 3.05) is 13.2 Å². The number of rotatable bonds is 10. The van der Waals surface area contributed by atoms with Crippen LogP contribution in [0.25, 0.3) is 0 Å². The molecule has 5 nitrogen and oxygen atoms in total. The molecule has 0 heterocycles. The minimum Gasteiger partial charge on any atom is -0.465 e. The Bertz CT molecular complexity index is 651. The van der Waals surface area contributed by atoms with E-state index in [1.807, 2.05) is 44.2 Å². The quantitative estimate of drug-likeness (QED) is 0.349. The van der Waals surface area contributed by atoms with Gasteiger partial charge in [0.05, 0.1) is 25.4 Å². The third-order valence-electron chi connectivity index (χ3n) is 3.96. The first-order valence-electron chi connectivity index (χ1n) is 9.19. The van der Waals surface area contributed by atoms with Crippen molar-refractivity contribution in [3.8, 4) is 0 Å². The van der Waals surface area contributed by atoms with E-state index in [0.717, 1.165) is 5.56 Å². The molecule has 0 radical (unpaired) electrons. The maximum Gasteiger partial charge on any atom is 0.323 e. The van der Waals surface area contributed by atoms with Crippen LogP contribution in [0.5, 0.6) is 0 Å². The van der Waals surface area contributed by atoms with Gasteiger partial charge in [-0.3, -0.25) is 9.59 Å². The molecule has 0 aliphatic rings. The van der Waals surface area contributed by atoms with Crippen LogP contribution in [0, 0.1) is 5.41 Å². The zero-order valence-corrected chi connectivity index (χ0v) is 16.9. The molecule has 0 saturated heterocycles. The lowest BCUT2D eigenvalue weighted by Gasteiger charge is -2.23. The van der Waals surface area contributed by atoms with Gasteiger partial charge in [-0.2, -0.15) is 0 Å². The lowest BCUT2D eigenvalue weighted by Crippen LogP contribution is -2.39. The Labute approximate surface area is 162 Å². The van der Waals surface area contributed by atoms with Crippen LogP contribution < -0.4 is 0 Å². The van der Waals surface area contributed by atoms with Crippen molar-refractivity contribution in [3.63, 3.8) is 0 Å². The zero-order chi connectivity index (χ0) is 20.3. The number of carbonyl (C=O) groups is 2. The van der Waals surface area contributed by atoms with Crippen molar-refractivity contribution in [2.24, 2.45) is 5.41 Å². The summed E-state index contributed by atoms with van der Waals surface area (Å²) in [5.74, 6) is -1.19. The molecule has 0 amide bonds.